The van der Waals surface area contributed by atoms with Crippen LogP contribution in [0.25, 0.3) is 0 Å². The fraction of sp³-hybridized carbons (Fsp3) is 0.692. The van der Waals surface area contributed by atoms with E-state index in [9.17, 15) is 4.79 Å². The van der Waals surface area contributed by atoms with Crippen LogP contribution in [-0.4, -0.2) is 42.7 Å². The Morgan fingerprint density at radius 1 is 1.58 bits per heavy atom. The maximum atomic E-state index is 12.3. The first-order chi connectivity index (χ1) is 8.93. The second-order valence-electron chi connectivity index (χ2n) is 5.30. The van der Waals surface area contributed by atoms with Gasteiger partial charge < -0.3 is 19.9 Å². The molecule has 2 N–H and O–H groups in total. The number of hydrogen-bond donors (Lipinski definition) is 1. The van der Waals surface area contributed by atoms with E-state index < -0.39 is 0 Å². The zero-order valence-electron chi connectivity index (χ0n) is 12.1. The van der Waals surface area contributed by atoms with Crippen LogP contribution in [0.5, 0.6) is 0 Å². The molecule has 1 heterocycles. The molecule has 0 unspecified atom stereocenters. The van der Waals surface area contributed by atoms with E-state index in [0.29, 0.717) is 37.7 Å². The van der Waals surface area contributed by atoms with E-state index in [0.717, 1.165) is 0 Å². The molecule has 0 bridgehead atoms. The fourth-order valence-electron chi connectivity index (χ4n) is 1.69. The monoisotopic (exact) mass is 269 g/mol. The number of aromatic nitrogens is 1. The lowest BCUT2D eigenvalue weighted by atomic mass is 9.93. The maximum absolute atomic E-state index is 12.3. The summed E-state index contributed by atoms with van der Waals surface area (Å²) in [6.45, 7) is 8.01. The predicted octanol–water partition coefficient (Wildman–Crippen LogP) is 1.27. The molecule has 0 fully saturated rings. The molecule has 108 valence electrons. The third-order valence-corrected chi connectivity index (χ3v) is 2.91. The molecule has 0 aliphatic heterocycles. The molecule has 0 aromatic carbocycles. The molecule has 1 rings (SSSR count). The van der Waals surface area contributed by atoms with E-state index in [1.165, 1.54) is 0 Å². The summed E-state index contributed by atoms with van der Waals surface area (Å²) in [6, 6.07) is 1.62. The van der Waals surface area contributed by atoms with Crippen molar-refractivity contribution in [2.24, 2.45) is 11.1 Å². The second kappa shape index (κ2) is 6.68. The zero-order chi connectivity index (χ0) is 14.5. The number of carbonyl (C=O) groups is 1. The van der Waals surface area contributed by atoms with Crippen LogP contribution in [0.3, 0.4) is 0 Å². The van der Waals surface area contributed by atoms with E-state index in [1.54, 1.807) is 18.1 Å². The molecule has 0 atom stereocenters. The molecule has 0 radical (unpaired) electrons. The number of carbonyl (C=O) groups excluding carboxylic acids is 1. The molecule has 6 heteroatoms. The molecule has 1 aromatic rings. The Hall–Kier alpha value is -1.40. The molecule has 0 aliphatic rings. The van der Waals surface area contributed by atoms with Crippen molar-refractivity contribution >= 4 is 5.91 Å². The Labute approximate surface area is 113 Å². The first-order valence-electron chi connectivity index (χ1n) is 6.37. The van der Waals surface area contributed by atoms with E-state index in [-0.39, 0.29) is 11.3 Å². The van der Waals surface area contributed by atoms with E-state index in [2.05, 4.69) is 5.16 Å². The highest BCUT2D eigenvalue weighted by atomic mass is 16.5. The van der Waals surface area contributed by atoms with Gasteiger partial charge in [-0.05, 0) is 18.9 Å². The molecule has 0 aliphatic carbocycles. The molecule has 1 aromatic heterocycles. The number of methoxy groups -OCH3 is 1. The van der Waals surface area contributed by atoms with Gasteiger partial charge in [0.2, 0.25) is 0 Å². The molecular weight excluding hydrogens is 246 g/mol. The first kappa shape index (κ1) is 15.7. The molecule has 6 nitrogen and oxygen atoms in total. The third kappa shape index (κ3) is 4.33. The Morgan fingerprint density at radius 3 is 2.79 bits per heavy atom. The number of nitrogens with two attached hydrogens (primary N) is 1. The summed E-state index contributed by atoms with van der Waals surface area (Å²) in [6.07, 6.45) is 0. The lowest BCUT2D eigenvalue weighted by molar-refractivity contribution is 0.0690. The normalized spacial score (nSPS) is 11.6. The summed E-state index contributed by atoms with van der Waals surface area (Å²) in [5, 5.41) is 3.78. The van der Waals surface area contributed by atoms with Gasteiger partial charge in [-0.15, -0.1) is 0 Å². The van der Waals surface area contributed by atoms with Gasteiger partial charge in [-0.2, -0.15) is 0 Å². The third-order valence-electron chi connectivity index (χ3n) is 2.91. The van der Waals surface area contributed by atoms with Crippen molar-refractivity contribution in [1.29, 1.82) is 0 Å². The SMILES string of the molecule is CCN(CC(C)(C)CN)C(=O)c1cc(COC)on1. The van der Waals surface area contributed by atoms with Gasteiger partial charge in [0.05, 0.1) is 0 Å². The van der Waals surface area contributed by atoms with E-state index in [4.69, 9.17) is 15.0 Å². The summed E-state index contributed by atoms with van der Waals surface area (Å²) >= 11 is 0. The van der Waals surface area contributed by atoms with Crippen molar-refractivity contribution in [3.05, 3.63) is 17.5 Å². The minimum absolute atomic E-state index is 0.120. The lowest BCUT2D eigenvalue weighted by Crippen LogP contribution is -2.42. The van der Waals surface area contributed by atoms with Crippen LogP contribution in [0, 0.1) is 5.41 Å². The van der Waals surface area contributed by atoms with Crippen molar-refractivity contribution in [3.8, 4) is 0 Å². The van der Waals surface area contributed by atoms with Crippen LogP contribution in [-0.2, 0) is 11.3 Å². The molecule has 0 saturated carbocycles. The van der Waals surface area contributed by atoms with Gasteiger partial charge in [0.15, 0.2) is 11.5 Å². The zero-order valence-corrected chi connectivity index (χ0v) is 12.1. The van der Waals surface area contributed by atoms with Gasteiger partial charge in [-0.3, -0.25) is 4.79 Å². The maximum Gasteiger partial charge on any atom is 0.276 e. The number of nitrogens with zero attached hydrogens (tertiary/aromatic N) is 2. The van der Waals surface area contributed by atoms with Gasteiger partial charge in [-0.25, -0.2) is 0 Å². The van der Waals surface area contributed by atoms with Crippen molar-refractivity contribution in [2.45, 2.75) is 27.4 Å². The van der Waals surface area contributed by atoms with E-state index in [1.807, 2.05) is 20.8 Å². The topological polar surface area (TPSA) is 81.6 Å². The minimum atomic E-state index is -0.143. The van der Waals surface area contributed by atoms with Crippen molar-refractivity contribution in [1.82, 2.24) is 10.1 Å². The summed E-state index contributed by atoms with van der Waals surface area (Å²) in [7, 11) is 1.56. The summed E-state index contributed by atoms with van der Waals surface area (Å²) in [5.41, 5.74) is 5.89. The summed E-state index contributed by atoms with van der Waals surface area (Å²) in [4.78, 5) is 14.0. The highest BCUT2D eigenvalue weighted by Gasteiger charge is 2.25. The van der Waals surface area contributed by atoms with Gasteiger partial charge in [0.25, 0.3) is 5.91 Å². The Balaban J connectivity index is 2.77. The summed E-state index contributed by atoms with van der Waals surface area (Å²) < 4.78 is 9.96. The second-order valence-corrected chi connectivity index (χ2v) is 5.30. The van der Waals surface area contributed by atoms with Crippen LogP contribution in [0.15, 0.2) is 10.6 Å². The van der Waals surface area contributed by atoms with Gasteiger partial charge in [0, 0.05) is 26.3 Å². The highest BCUT2D eigenvalue weighted by Crippen LogP contribution is 2.17. The van der Waals surface area contributed by atoms with Crippen molar-refractivity contribution in [2.75, 3.05) is 26.7 Å². The van der Waals surface area contributed by atoms with Crippen molar-refractivity contribution < 1.29 is 14.1 Å². The Kier molecular flexibility index (Phi) is 5.50. The lowest BCUT2D eigenvalue weighted by Gasteiger charge is -2.30. The number of ether oxygens (including phenoxy) is 1. The van der Waals surface area contributed by atoms with Crippen LogP contribution in [0.1, 0.15) is 37.0 Å². The summed E-state index contributed by atoms with van der Waals surface area (Å²) in [5.74, 6) is 0.398. The van der Waals surface area contributed by atoms with Crippen LogP contribution >= 0.6 is 0 Å². The molecular formula is C13H23N3O3. The predicted molar refractivity (Wildman–Crippen MR) is 71.6 cm³/mol. The minimum Gasteiger partial charge on any atom is -0.377 e. The van der Waals surface area contributed by atoms with E-state index >= 15 is 0 Å². The Bertz CT molecular complexity index is 415. The van der Waals surface area contributed by atoms with Gasteiger partial charge in [-0.1, -0.05) is 19.0 Å². The number of hydrogen-bond acceptors (Lipinski definition) is 5. The molecule has 0 saturated heterocycles. The molecule has 19 heavy (non-hydrogen) atoms. The van der Waals surface area contributed by atoms with Gasteiger partial charge in [0.1, 0.15) is 6.61 Å². The molecule has 0 spiro atoms. The Morgan fingerprint density at radius 2 is 2.26 bits per heavy atom. The van der Waals surface area contributed by atoms with Crippen LogP contribution < -0.4 is 5.73 Å². The smallest absolute Gasteiger partial charge is 0.276 e. The van der Waals surface area contributed by atoms with Gasteiger partial charge >= 0.3 is 0 Å². The largest absolute Gasteiger partial charge is 0.377 e. The van der Waals surface area contributed by atoms with Crippen molar-refractivity contribution in [3.63, 3.8) is 0 Å². The molecule has 1 amide bonds. The highest BCUT2D eigenvalue weighted by molar-refractivity contribution is 5.92. The van der Waals surface area contributed by atoms with Crippen LogP contribution in [0.2, 0.25) is 0 Å². The number of rotatable bonds is 7. The van der Waals surface area contributed by atoms with Crippen LogP contribution in [0.4, 0.5) is 0 Å². The fourth-order valence-corrected chi connectivity index (χ4v) is 1.69. The average molecular weight is 269 g/mol. The standard InChI is InChI=1S/C13H23N3O3/c1-5-16(9-13(2,3)8-14)12(17)11-6-10(7-18-4)19-15-11/h6H,5,7-9,14H2,1-4H3. The quantitative estimate of drug-likeness (QED) is 0.806. The number of amides is 1. The first-order valence-corrected chi connectivity index (χ1v) is 6.37. The average Bonchev–Trinajstić information content (AvgIpc) is 2.84.